The molecule has 3 amide bonds. The second-order valence-corrected chi connectivity index (χ2v) is 14.7. The maximum absolute atomic E-state index is 13.8. The van der Waals surface area contributed by atoms with Crippen LogP contribution in [0.5, 0.6) is 0 Å². The van der Waals surface area contributed by atoms with E-state index in [0.717, 1.165) is 25.1 Å². The van der Waals surface area contributed by atoms with E-state index in [2.05, 4.69) is 34.9 Å². The number of carbonyl (C=O) groups excluding carboxylic acids is 3. The smallest absolute Gasteiger partial charge is 0.411 e. The number of hydrogen-bond acceptors (Lipinski definition) is 7. The summed E-state index contributed by atoms with van der Waals surface area (Å²) in [4.78, 5) is 43.5. The number of benzene rings is 1. The topological polar surface area (TPSA) is 91.0 Å². The van der Waals surface area contributed by atoms with Gasteiger partial charge in [-0.25, -0.2) is 4.79 Å². The van der Waals surface area contributed by atoms with E-state index in [1.807, 2.05) is 31.7 Å². The van der Waals surface area contributed by atoms with Crippen molar-refractivity contribution in [2.24, 2.45) is 5.92 Å². The minimum absolute atomic E-state index is 0. The Morgan fingerprint density at radius 1 is 1.02 bits per heavy atom. The minimum atomic E-state index is -0.684. The van der Waals surface area contributed by atoms with Crippen LogP contribution in [0, 0.1) is 5.92 Å². The van der Waals surface area contributed by atoms with E-state index < -0.39 is 23.1 Å². The second kappa shape index (κ2) is 17.0. The lowest BCUT2D eigenvalue weighted by Gasteiger charge is -2.35. The summed E-state index contributed by atoms with van der Waals surface area (Å²) < 4.78 is 5.55. The lowest BCUT2D eigenvalue weighted by Crippen LogP contribution is -2.56. The number of piperidine rings is 1. The lowest BCUT2D eigenvalue weighted by atomic mass is 9.91. The number of thioether (sulfide) groups is 2. The maximum atomic E-state index is 13.8. The highest BCUT2D eigenvalue weighted by Crippen LogP contribution is 2.28. The quantitative estimate of drug-likeness (QED) is 0.359. The molecule has 1 unspecified atom stereocenters. The molecule has 1 saturated carbocycles. The molecule has 2 heterocycles. The normalized spacial score (nSPS) is 21.0. The summed E-state index contributed by atoms with van der Waals surface area (Å²) >= 11 is 3.21. The molecule has 0 aromatic heterocycles. The number of likely N-dealkylation sites (tertiary alicyclic amines) is 1. The fourth-order valence-corrected chi connectivity index (χ4v) is 8.08. The van der Waals surface area contributed by atoms with Crippen LogP contribution >= 0.6 is 35.9 Å². The van der Waals surface area contributed by atoms with Crippen LogP contribution in [0.1, 0.15) is 71.3 Å². The van der Waals surface area contributed by atoms with Crippen molar-refractivity contribution in [3.63, 3.8) is 0 Å². The fraction of sp³-hybridized carbons (Fsp3) is 0.710. The molecule has 11 heteroatoms. The molecule has 1 aliphatic carbocycles. The molecule has 0 spiro atoms. The summed E-state index contributed by atoms with van der Waals surface area (Å²) in [5.74, 6) is 2.64. The molecule has 2 N–H and O–H groups in total. The van der Waals surface area contributed by atoms with E-state index in [1.54, 1.807) is 11.8 Å². The molecule has 4 rings (SSSR count). The van der Waals surface area contributed by atoms with Crippen molar-refractivity contribution in [1.29, 1.82) is 0 Å². The average molecular weight is 641 g/mol. The molecule has 236 valence electrons. The van der Waals surface area contributed by atoms with Gasteiger partial charge in [0.05, 0.1) is 0 Å². The van der Waals surface area contributed by atoms with Crippen LogP contribution < -0.4 is 10.6 Å². The third-order valence-corrected chi connectivity index (χ3v) is 10.4. The highest BCUT2D eigenvalue weighted by Gasteiger charge is 2.39. The Bertz CT molecular complexity index is 998. The zero-order chi connectivity index (χ0) is 29.2. The van der Waals surface area contributed by atoms with Gasteiger partial charge in [0.1, 0.15) is 11.6 Å². The van der Waals surface area contributed by atoms with Gasteiger partial charge in [-0.2, -0.15) is 11.8 Å². The van der Waals surface area contributed by atoms with E-state index >= 15 is 0 Å². The Hall–Kier alpha value is -1.62. The van der Waals surface area contributed by atoms with Gasteiger partial charge in [0.15, 0.2) is 5.37 Å². The molecule has 0 bridgehead atoms. The molecule has 3 fully saturated rings. The molecule has 1 aromatic carbocycles. The highest BCUT2D eigenvalue weighted by molar-refractivity contribution is 8.00. The number of rotatable bonds is 10. The van der Waals surface area contributed by atoms with E-state index in [1.165, 1.54) is 54.3 Å². The van der Waals surface area contributed by atoms with Gasteiger partial charge in [0.2, 0.25) is 5.91 Å². The molecule has 2 atom stereocenters. The molecule has 1 aromatic rings. The summed E-state index contributed by atoms with van der Waals surface area (Å²) in [5.41, 5.74) is 0.621. The number of hydrogen-bond donors (Lipinski definition) is 2. The Morgan fingerprint density at radius 3 is 2.38 bits per heavy atom. The lowest BCUT2D eigenvalue weighted by molar-refractivity contribution is -0.137. The third-order valence-electron chi connectivity index (χ3n) is 7.97. The van der Waals surface area contributed by atoms with Gasteiger partial charge in [-0.1, -0.05) is 49.6 Å². The predicted octanol–water partition coefficient (Wildman–Crippen LogP) is 5.30. The molecular weight excluding hydrogens is 592 g/mol. The summed E-state index contributed by atoms with van der Waals surface area (Å²) in [6, 6.07) is 10.1. The molecular formula is C31H49ClN4O4S2. The van der Waals surface area contributed by atoms with Crippen molar-refractivity contribution in [3.8, 4) is 0 Å². The monoisotopic (exact) mass is 640 g/mol. The van der Waals surface area contributed by atoms with Gasteiger partial charge in [0.25, 0.3) is 5.91 Å². The van der Waals surface area contributed by atoms with Gasteiger partial charge >= 0.3 is 6.09 Å². The zero-order valence-corrected chi connectivity index (χ0v) is 27.8. The standard InChI is InChI=1S/C31H48N4O4S2.ClH/c1-31(2,3)39-30(38)35-18-19-41-29(35)27(36)33-26(22-40-21-24-12-8-5-9-13-24)28(37)34-16-14-25(15-17-34)32-20-23-10-6-4-7-11-23;/h4,6-7,10-11,24-26,29,32H,5,8-9,12-22H2,1-3H3,(H,33,36);1H/t26-,29?;/m0./s1. The Labute approximate surface area is 266 Å². The van der Waals surface area contributed by atoms with Gasteiger partial charge in [-0.15, -0.1) is 24.2 Å². The first kappa shape index (κ1) is 34.9. The van der Waals surface area contributed by atoms with Crippen molar-refractivity contribution in [2.45, 2.75) is 95.3 Å². The molecule has 2 saturated heterocycles. The van der Waals surface area contributed by atoms with Crippen LogP contribution in [0.15, 0.2) is 30.3 Å². The van der Waals surface area contributed by atoms with Gasteiger partial charge < -0.3 is 20.3 Å². The fourth-order valence-electron chi connectivity index (χ4n) is 5.70. The highest BCUT2D eigenvalue weighted by atomic mass is 35.5. The number of nitrogens with one attached hydrogen (secondary N) is 2. The van der Waals surface area contributed by atoms with E-state index in [9.17, 15) is 14.4 Å². The number of nitrogens with zero attached hydrogens (tertiary/aromatic N) is 2. The molecule has 42 heavy (non-hydrogen) atoms. The third kappa shape index (κ3) is 10.8. The van der Waals surface area contributed by atoms with Crippen LogP contribution in [-0.2, 0) is 20.9 Å². The van der Waals surface area contributed by atoms with Crippen molar-refractivity contribution >= 4 is 53.8 Å². The second-order valence-electron chi connectivity index (χ2n) is 12.5. The first-order chi connectivity index (χ1) is 19.7. The van der Waals surface area contributed by atoms with Gasteiger partial charge in [-0.3, -0.25) is 14.5 Å². The predicted molar refractivity (Wildman–Crippen MR) is 175 cm³/mol. The van der Waals surface area contributed by atoms with Crippen LogP contribution in [0.4, 0.5) is 4.79 Å². The molecule has 0 radical (unpaired) electrons. The summed E-state index contributed by atoms with van der Waals surface area (Å²) in [7, 11) is 0. The van der Waals surface area contributed by atoms with Gasteiger partial charge in [-0.05, 0) is 63.7 Å². The molecule has 3 aliphatic rings. The van der Waals surface area contributed by atoms with Gasteiger partial charge in [0, 0.05) is 43.7 Å². The Balaban J connectivity index is 0.00000484. The number of carbonyl (C=O) groups is 3. The van der Waals surface area contributed by atoms with Crippen molar-refractivity contribution in [2.75, 3.05) is 36.9 Å². The van der Waals surface area contributed by atoms with Crippen LogP contribution in [0.25, 0.3) is 0 Å². The summed E-state index contributed by atoms with van der Waals surface area (Å²) in [5, 5.41) is 6.01. The number of halogens is 1. The van der Waals surface area contributed by atoms with E-state index in [4.69, 9.17) is 4.74 Å². The maximum Gasteiger partial charge on any atom is 0.411 e. The Morgan fingerprint density at radius 2 is 1.71 bits per heavy atom. The first-order valence-electron chi connectivity index (χ1n) is 15.2. The first-order valence-corrected chi connectivity index (χ1v) is 17.5. The number of ether oxygens (including phenoxy) is 1. The number of amides is 3. The average Bonchev–Trinajstić information content (AvgIpc) is 3.46. The van der Waals surface area contributed by atoms with E-state index in [0.29, 0.717) is 43.1 Å². The largest absolute Gasteiger partial charge is 0.444 e. The van der Waals surface area contributed by atoms with Crippen LogP contribution in [0.3, 0.4) is 0 Å². The molecule has 2 aliphatic heterocycles. The van der Waals surface area contributed by atoms with Crippen molar-refractivity contribution in [1.82, 2.24) is 20.4 Å². The van der Waals surface area contributed by atoms with Crippen molar-refractivity contribution in [3.05, 3.63) is 35.9 Å². The zero-order valence-electron chi connectivity index (χ0n) is 25.3. The Kier molecular flexibility index (Phi) is 14.1. The SMILES string of the molecule is CC(C)(C)OC(=O)N1CCSC1C(=O)N[C@@H](CSCC1CCCCC1)C(=O)N1CCC(NCc2ccccc2)CC1.Cl. The van der Waals surface area contributed by atoms with E-state index in [-0.39, 0.29) is 24.2 Å². The van der Waals surface area contributed by atoms with Crippen LogP contribution in [0.2, 0.25) is 0 Å². The molecule has 8 nitrogen and oxygen atoms in total. The van der Waals surface area contributed by atoms with Crippen LogP contribution in [-0.4, -0.2) is 87.7 Å². The van der Waals surface area contributed by atoms with Crippen molar-refractivity contribution < 1.29 is 19.1 Å². The minimum Gasteiger partial charge on any atom is -0.444 e. The summed E-state index contributed by atoms with van der Waals surface area (Å²) in [6.07, 6.45) is 7.70. The summed E-state index contributed by atoms with van der Waals surface area (Å²) in [6.45, 7) is 8.09.